The number of carboxylic acid groups (broad SMARTS) is 1. The van der Waals surface area contributed by atoms with Crippen LogP contribution in [-0.2, 0) is 9.59 Å². The summed E-state index contributed by atoms with van der Waals surface area (Å²) in [5, 5.41) is 12.3. The first-order chi connectivity index (χ1) is 13.8. The Labute approximate surface area is 185 Å². The Morgan fingerprint density at radius 3 is 2.59 bits per heavy atom. The molecule has 1 aliphatic rings. The molecule has 150 valence electrons. The van der Waals surface area contributed by atoms with Gasteiger partial charge in [-0.3, -0.25) is 4.79 Å². The van der Waals surface area contributed by atoms with E-state index in [4.69, 9.17) is 50.0 Å². The predicted octanol–water partition coefficient (Wildman–Crippen LogP) is 4.62. The van der Waals surface area contributed by atoms with E-state index in [1.165, 1.54) is 7.11 Å². The fourth-order valence-corrected chi connectivity index (χ4v) is 3.91. The predicted molar refractivity (Wildman–Crippen MR) is 118 cm³/mol. The maximum absolute atomic E-state index is 12.1. The molecule has 0 radical (unpaired) electrons. The number of carboxylic acids is 1. The number of thioether (sulfide) groups is 1. The van der Waals surface area contributed by atoms with Crippen molar-refractivity contribution >= 4 is 69.5 Å². The van der Waals surface area contributed by atoms with Crippen molar-refractivity contribution in [2.75, 3.05) is 13.7 Å². The van der Waals surface area contributed by atoms with E-state index >= 15 is 0 Å². The average Bonchev–Trinajstić information content (AvgIpc) is 2.99. The number of carbonyl (C=O) groups excluding carboxylic acids is 1. The van der Waals surface area contributed by atoms with Gasteiger partial charge in [0.1, 0.15) is 4.32 Å². The molecule has 29 heavy (non-hydrogen) atoms. The highest BCUT2D eigenvalue weighted by Gasteiger charge is 2.24. The number of thiocarbonyl (C=S) groups is 1. The molecule has 2 aromatic rings. The van der Waals surface area contributed by atoms with E-state index in [1.54, 1.807) is 36.4 Å². The van der Waals surface area contributed by atoms with E-state index in [9.17, 15) is 9.59 Å². The van der Waals surface area contributed by atoms with E-state index in [0.29, 0.717) is 36.1 Å². The zero-order valence-electron chi connectivity index (χ0n) is 14.8. The second kappa shape index (κ2) is 9.04. The molecule has 3 rings (SSSR count). The summed E-state index contributed by atoms with van der Waals surface area (Å²) in [7, 11) is 1.44. The van der Waals surface area contributed by atoms with Crippen molar-refractivity contribution in [1.29, 1.82) is 0 Å². The van der Waals surface area contributed by atoms with Crippen LogP contribution in [0.15, 0.2) is 35.2 Å². The van der Waals surface area contributed by atoms with Gasteiger partial charge in [0.25, 0.3) is 5.91 Å². The van der Waals surface area contributed by atoms with E-state index in [-0.39, 0.29) is 11.7 Å². The molecule has 1 fully saturated rings. The van der Waals surface area contributed by atoms with Crippen molar-refractivity contribution in [2.24, 2.45) is 0 Å². The summed E-state index contributed by atoms with van der Waals surface area (Å²) in [5.41, 5.74) is 1.91. The molecule has 0 saturated carbocycles. The molecule has 1 saturated heterocycles. The summed E-state index contributed by atoms with van der Waals surface area (Å²) < 4.78 is 11.2. The zero-order valence-corrected chi connectivity index (χ0v) is 18.0. The molecule has 0 atom stereocenters. The molecule has 1 aliphatic heterocycles. The van der Waals surface area contributed by atoms with Gasteiger partial charge in [0.2, 0.25) is 0 Å². The molecule has 2 N–H and O–H groups in total. The van der Waals surface area contributed by atoms with Gasteiger partial charge in [-0.1, -0.05) is 53.2 Å². The van der Waals surface area contributed by atoms with Crippen molar-refractivity contribution in [2.45, 2.75) is 0 Å². The number of hydrogen-bond donors (Lipinski definition) is 2. The number of ether oxygens (including phenoxy) is 2. The van der Waals surface area contributed by atoms with Gasteiger partial charge < -0.3 is 19.9 Å². The van der Waals surface area contributed by atoms with Crippen molar-refractivity contribution in [3.8, 4) is 22.6 Å². The lowest BCUT2D eigenvalue weighted by atomic mass is 10.0. The average molecular weight is 470 g/mol. The quantitative estimate of drug-likeness (QED) is 0.471. The van der Waals surface area contributed by atoms with Crippen LogP contribution in [0.5, 0.6) is 11.5 Å². The molecule has 10 heteroatoms. The first-order valence-electron chi connectivity index (χ1n) is 8.05. The number of nitrogens with one attached hydrogen (secondary N) is 1. The number of amides is 1. The Kier molecular flexibility index (Phi) is 6.69. The van der Waals surface area contributed by atoms with Crippen LogP contribution in [0.2, 0.25) is 10.0 Å². The van der Waals surface area contributed by atoms with Gasteiger partial charge in [-0.15, -0.1) is 0 Å². The minimum atomic E-state index is -1.15. The third-order valence-electron chi connectivity index (χ3n) is 3.83. The van der Waals surface area contributed by atoms with Crippen LogP contribution in [0.4, 0.5) is 0 Å². The number of aliphatic carboxylic acids is 1. The standard InChI is InChI=1S/C19H13Cl2NO5S2/c1-26-14-6-10(9-2-3-12(20)13(21)5-9)4-11(17(14)27-8-16(23)24)7-15-18(25)22-19(28)29-15/h2-7H,8H2,1H3,(H,23,24)(H,22,25,28)/b15-7-. The molecule has 0 aliphatic carbocycles. The van der Waals surface area contributed by atoms with E-state index in [2.05, 4.69) is 5.32 Å². The van der Waals surface area contributed by atoms with E-state index in [1.807, 2.05) is 0 Å². The highest BCUT2D eigenvalue weighted by atomic mass is 35.5. The third-order valence-corrected chi connectivity index (χ3v) is 5.73. The third kappa shape index (κ3) is 5.02. The Morgan fingerprint density at radius 1 is 1.24 bits per heavy atom. The lowest BCUT2D eigenvalue weighted by Gasteiger charge is -2.15. The Bertz CT molecular complexity index is 1060. The first kappa shape index (κ1) is 21.4. The van der Waals surface area contributed by atoms with Crippen LogP contribution in [0.25, 0.3) is 17.2 Å². The number of hydrogen-bond acceptors (Lipinski definition) is 6. The second-order valence-electron chi connectivity index (χ2n) is 5.76. The molecule has 6 nitrogen and oxygen atoms in total. The van der Waals surface area contributed by atoms with E-state index in [0.717, 1.165) is 17.3 Å². The van der Waals surface area contributed by atoms with E-state index < -0.39 is 12.6 Å². The highest BCUT2D eigenvalue weighted by Crippen LogP contribution is 2.40. The van der Waals surface area contributed by atoms with Crippen LogP contribution < -0.4 is 14.8 Å². The monoisotopic (exact) mass is 469 g/mol. The molecule has 2 aromatic carbocycles. The minimum absolute atomic E-state index is 0.192. The fraction of sp³-hybridized carbons (Fsp3) is 0.105. The number of rotatable bonds is 6. The summed E-state index contributed by atoms with van der Waals surface area (Å²) >= 11 is 18.2. The maximum atomic E-state index is 12.1. The van der Waals surface area contributed by atoms with Gasteiger partial charge in [0, 0.05) is 5.56 Å². The van der Waals surface area contributed by atoms with Crippen molar-refractivity contribution in [3.05, 3.63) is 50.8 Å². The van der Waals surface area contributed by atoms with Crippen molar-refractivity contribution in [1.82, 2.24) is 5.32 Å². The van der Waals surface area contributed by atoms with Crippen LogP contribution in [0.3, 0.4) is 0 Å². The highest BCUT2D eigenvalue weighted by molar-refractivity contribution is 8.26. The molecule has 1 amide bonds. The summed E-state index contributed by atoms with van der Waals surface area (Å²) in [6.07, 6.45) is 1.57. The van der Waals surface area contributed by atoms with Gasteiger partial charge in [-0.2, -0.15) is 0 Å². The summed E-state index contributed by atoms with van der Waals surface area (Å²) in [6, 6.07) is 8.56. The van der Waals surface area contributed by atoms with Crippen LogP contribution in [-0.4, -0.2) is 35.0 Å². The van der Waals surface area contributed by atoms with Gasteiger partial charge in [-0.05, 0) is 41.5 Å². The number of benzene rings is 2. The molecule has 0 spiro atoms. The van der Waals surface area contributed by atoms with Crippen LogP contribution in [0, 0.1) is 0 Å². The summed E-state index contributed by atoms with van der Waals surface area (Å²) in [6.45, 7) is -0.573. The van der Waals surface area contributed by atoms with Gasteiger partial charge >= 0.3 is 5.97 Å². The van der Waals surface area contributed by atoms with Gasteiger partial charge in [0.05, 0.1) is 22.1 Å². The Balaban J connectivity index is 2.16. The number of carbonyl (C=O) groups is 2. The first-order valence-corrected chi connectivity index (χ1v) is 10.0. The summed E-state index contributed by atoms with van der Waals surface area (Å²) in [5.74, 6) is -0.999. The van der Waals surface area contributed by atoms with Gasteiger partial charge in [0.15, 0.2) is 18.1 Å². The Morgan fingerprint density at radius 2 is 2.00 bits per heavy atom. The van der Waals surface area contributed by atoms with Crippen LogP contribution in [0.1, 0.15) is 5.56 Å². The molecular formula is C19H13Cl2NO5S2. The molecule has 0 aromatic heterocycles. The second-order valence-corrected chi connectivity index (χ2v) is 8.29. The smallest absolute Gasteiger partial charge is 0.341 e. The summed E-state index contributed by atoms with van der Waals surface area (Å²) in [4.78, 5) is 23.4. The SMILES string of the molecule is COc1cc(-c2ccc(Cl)c(Cl)c2)cc(/C=C2\SC(=S)NC2=O)c1OCC(=O)O. The molecule has 0 unspecified atom stereocenters. The van der Waals surface area contributed by atoms with Crippen molar-refractivity contribution < 1.29 is 24.2 Å². The number of halogens is 2. The lowest BCUT2D eigenvalue weighted by Crippen LogP contribution is -2.17. The minimum Gasteiger partial charge on any atom is -0.493 e. The Hall–Kier alpha value is -2.26. The fourth-order valence-electron chi connectivity index (χ4n) is 2.58. The van der Waals surface area contributed by atoms with Gasteiger partial charge in [-0.25, -0.2) is 4.79 Å². The topological polar surface area (TPSA) is 84.9 Å². The normalized spacial score (nSPS) is 14.8. The molecule has 0 bridgehead atoms. The molecular weight excluding hydrogens is 457 g/mol. The number of methoxy groups -OCH3 is 1. The lowest BCUT2D eigenvalue weighted by molar-refractivity contribution is -0.139. The van der Waals surface area contributed by atoms with Crippen molar-refractivity contribution in [3.63, 3.8) is 0 Å². The largest absolute Gasteiger partial charge is 0.493 e. The maximum Gasteiger partial charge on any atom is 0.341 e. The van der Waals surface area contributed by atoms with Crippen LogP contribution >= 0.6 is 47.2 Å². The zero-order chi connectivity index (χ0) is 21.1. The molecule has 1 heterocycles.